The number of aliphatic imine (C=N–C) groups is 1. The van der Waals surface area contributed by atoms with Crippen LogP contribution in [0.5, 0.6) is 0 Å². The summed E-state index contributed by atoms with van der Waals surface area (Å²) in [5, 5.41) is 5.64. The zero-order valence-corrected chi connectivity index (χ0v) is 41.1. The van der Waals surface area contributed by atoms with Gasteiger partial charge in [0.05, 0.1) is 11.2 Å². The molecule has 6 unspecified atom stereocenters. The molecule has 2 aliphatic heterocycles. The van der Waals surface area contributed by atoms with Gasteiger partial charge in [-0.2, -0.15) is 0 Å². The Morgan fingerprint density at radius 2 is 1.59 bits per heavy atom. The summed E-state index contributed by atoms with van der Waals surface area (Å²) >= 11 is 0. The van der Waals surface area contributed by atoms with Gasteiger partial charge in [-0.15, -0.1) is 0 Å². The highest BCUT2D eigenvalue weighted by Crippen LogP contribution is 2.53. The molecule has 4 heterocycles. The van der Waals surface area contributed by atoms with Gasteiger partial charge in [-0.05, 0) is 147 Å². The second kappa shape index (κ2) is 18.5. The Balaban J connectivity index is 1.00. The molecule has 0 radical (unpaired) electrons. The van der Waals surface area contributed by atoms with E-state index in [1.807, 2.05) is 0 Å². The maximum absolute atomic E-state index is 7.50. The number of nitrogens with zero attached hydrogens (tertiary/aromatic N) is 4. The predicted octanol–water partition coefficient (Wildman–Crippen LogP) is 14.4. The fourth-order valence-electron chi connectivity index (χ4n) is 13.9. The van der Waals surface area contributed by atoms with Crippen LogP contribution >= 0.6 is 0 Å². The van der Waals surface area contributed by atoms with Crippen molar-refractivity contribution in [1.29, 1.82) is 0 Å². The topological polar surface area (TPSA) is 48.9 Å². The van der Waals surface area contributed by atoms with Crippen molar-refractivity contribution < 1.29 is 4.42 Å². The molecule has 0 saturated carbocycles. The number of aryl methyl sites for hydroxylation is 2. The summed E-state index contributed by atoms with van der Waals surface area (Å²) in [5.74, 6) is 4.35. The number of rotatable bonds is 8. The standard InChI is InChI=1S/C64H67N5O/c1-67-41-46(57-48(42-22-8-3-9-23-42)33-20-34-49(57)43-24-10-4-11-25-43)40-54(62-65-63(44-26-12-5-13-27-44)68(2)64(66-62)45-28-14-6-15-29-45)59(67)53-36-21-35-52-58-56(70-61(52)53)39-38-51-50-32-18-19-37-55(50)69(60(51)58)47-30-16-7-17-31-47/h3,5-6,8,10,12-14,16,18-20,22,24-27,30-34,37,40,45-46,53,59,62-63,65H,4,7,9,11,15,17,21,23,28-29,35-36,38-39,41H2,1-2H3. The number of hydrogen-bond acceptors (Lipinski definition) is 5. The molecule has 0 amide bonds. The van der Waals surface area contributed by atoms with Crippen molar-refractivity contribution >= 4 is 33.6 Å². The van der Waals surface area contributed by atoms with Gasteiger partial charge in [-0.1, -0.05) is 134 Å². The molecule has 6 atom stereocenters. The Kier molecular flexibility index (Phi) is 11.6. The summed E-state index contributed by atoms with van der Waals surface area (Å²) in [5.41, 5.74) is 18.0. The molecule has 6 heteroatoms. The fraction of sp³-hybridized carbons (Fsp3) is 0.359. The fourth-order valence-corrected chi connectivity index (χ4v) is 13.9. The number of furan rings is 1. The van der Waals surface area contributed by atoms with Crippen LogP contribution in [0.4, 0.5) is 0 Å². The van der Waals surface area contributed by atoms with E-state index in [1.54, 1.807) is 0 Å². The highest BCUT2D eigenvalue weighted by molar-refractivity contribution is 5.98. The predicted molar refractivity (Wildman–Crippen MR) is 290 cm³/mol. The van der Waals surface area contributed by atoms with Crippen molar-refractivity contribution in [3.63, 3.8) is 0 Å². The molecule has 2 aromatic heterocycles. The van der Waals surface area contributed by atoms with Crippen LogP contribution in [0.3, 0.4) is 0 Å². The number of amidine groups is 1. The highest BCUT2D eigenvalue weighted by Gasteiger charge is 2.46. The molecular weight excluding hydrogens is 855 g/mol. The van der Waals surface area contributed by atoms with Crippen LogP contribution < -0.4 is 5.32 Å². The van der Waals surface area contributed by atoms with Crippen molar-refractivity contribution in [1.82, 2.24) is 19.7 Å². The molecule has 0 spiro atoms. The summed E-state index contributed by atoms with van der Waals surface area (Å²) in [4.78, 5) is 11.2. The van der Waals surface area contributed by atoms with Gasteiger partial charge < -0.3 is 13.9 Å². The lowest BCUT2D eigenvalue weighted by Crippen LogP contribution is -2.55. The van der Waals surface area contributed by atoms with Crippen molar-refractivity contribution in [3.8, 4) is 11.3 Å². The minimum Gasteiger partial charge on any atom is -0.465 e. The van der Waals surface area contributed by atoms with Gasteiger partial charge in [0.25, 0.3) is 0 Å². The van der Waals surface area contributed by atoms with E-state index in [2.05, 4.69) is 179 Å². The zero-order chi connectivity index (χ0) is 46.7. The molecule has 8 aliphatic rings. The first-order valence-corrected chi connectivity index (χ1v) is 26.8. The SMILES string of the molecule is CN1CC(c2c(C3=CCCC=C3)cccc2C2=CC=CCC2)C=C(C2N=C(C3CC=CCC3)N(C)C(c3ccccc3)N2)C1C1CCCc2c1oc1c2-c2c(c3ccccc3n2C2=CCCC=C2)CC1. The largest absolute Gasteiger partial charge is 0.465 e. The second-order valence-corrected chi connectivity index (χ2v) is 21.2. The summed E-state index contributed by atoms with van der Waals surface area (Å²) in [6.07, 6.45) is 43.5. The summed E-state index contributed by atoms with van der Waals surface area (Å²) in [6, 6.07) is 27.4. The molecule has 6 aliphatic carbocycles. The molecule has 0 bridgehead atoms. The molecule has 3 aromatic carbocycles. The minimum atomic E-state index is -0.215. The average Bonchev–Trinajstić information content (AvgIpc) is 3.98. The molecule has 0 saturated heterocycles. The van der Waals surface area contributed by atoms with Crippen LogP contribution in [0.25, 0.3) is 39.0 Å². The Morgan fingerprint density at radius 1 is 0.729 bits per heavy atom. The molecule has 6 nitrogen and oxygen atoms in total. The van der Waals surface area contributed by atoms with Crippen LogP contribution in [0.2, 0.25) is 0 Å². The maximum atomic E-state index is 7.50. The lowest BCUT2D eigenvalue weighted by Gasteiger charge is -2.48. The summed E-state index contributed by atoms with van der Waals surface area (Å²) in [7, 11) is 4.69. The molecule has 5 aromatic rings. The number of allylic oxidation sites excluding steroid dienone is 14. The quantitative estimate of drug-likeness (QED) is 0.158. The highest BCUT2D eigenvalue weighted by atomic mass is 16.3. The van der Waals surface area contributed by atoms with E-state index in [0.29, 0.717) is 5.92 Å². The molecule has 70 heavy (non-hydrogen) atoms. The van der Waals surface area contributed by atoms with E-state index in [4.69, 9.17) is 9.41 Å². The van der Waals surface area contributed by atoms with Gasteiger partial charge in [0.2, 0.25) is 0 Å². The number of hydrogen-bond donors (Lipinski definition) is 1. The Hall–Kier alpha value is -6.21. The van der Waals surface area contributed by atoms with Crippen molar-refractivity contribution in [2.24, 2.45) is 10.9 Å². The van der Waals surface area contributed by atoms with E-state index in [0.717, 1.165) is 96.4 Å². The van der Waals surface area contributed by atoms with Gasteiger partial charge in [0, 0.05) is 66.0 Å². The monoisotopic (exact) mass is 922 g/mol. The molecular formula is C64H67N5O. The number of benzene rings is 3. The van der Waals surface area contributed by atoms with E-state index >= 15 is 0 Å². The number of fused-ring (bicyclic) bond motifs is 7. The Labute approximate surface area is 414 Å². The van der Waals surface area contributed by atoms with E-state index in [-0.39, 0.29) is 30.2 Å². The van der Waals surface area contributed by atoms with Crippen molar-refractivity contribution in [2.45, 2.75) is 120 Å². The number of aromatic nitrogens is 1. The number of nitrogens with one attached hydrogen (secondary N) is 1. The van der Waals surface area contributed by atoms with Gasteiger partial charge in [0.1, 0.15) is 29.7 Å². The summed E-state index contributed by atoms with van der Waals surface area (Å²) < 4.78 is 10.1. The lowest BCUT2D eigenvalue weighted by molar-refractivity contribution is 0.173. The van der Waals surface area contributed by atoms with Crippen LogP contribution in [0.15, 0.2) is 161 Å². The normalized spacial score (nSPS) is 26.5. The smallest absolute Gasteiger partial charge is 0.126 e. The Bertz CT molecular complexity index is 3140. The average molecular weight is 922 g/mol. The van der Waals surface area contributed by atoms with Gasteiger partial charge in [-0.25, -0.2) is 4.99 Å². The zero-order valence-electron chi connectivity index (χ0n) is 41.1. The van der Waals surface area contributed by atoms with Crippen LogP contribution in [0.1, 0.15) is 134 Å². The Morgan fingerprint density at radius 3 is 2.40 bits per heavy atom. The molecule has 0 fully saturated rings. The van der Waals surface area contributed by atoms with Crippen LogP contribution in [-0.2, 0) is 19.3 Å². The third kappa shape index (κ3) is 7.56. The number of likely N-dealkylation sites (N-methyl/N-ethyl adjacent to an activating group) is 1. The van der Waals surface area contributed by atoms with Gasteiger partial charge in [-0.3, -0.25) is 10.2 Å². The van der Waals surface area contributed by atoms with Gasteiger partial charge in [0.15, 0.2) is 0 Å². The van der Waals surface area contributed by atoms with Crippen LogP contribution in [0, 0.1) is 5.92 Å². The third-order valence-corrected chi connectivity index (χ3v) is 17.1. The van der Waals surface area contributed by atoms with E-state index < -0.39 is 0 Å². The molecule has 354 valence electrons. The first kappa shape index (κ1) is 43.8. The van der Waals surface area contributed by atoms with E-state index in [1.165, 1.54) is 95.3 Å². The first-order valence-electron chi connectivity index (χ1n) is 26.8. The maximum Gasteiger partial charge on any atom is 0.126 e. The second-order valence-electron chi connectivity index (χ2n) is 21.2. The third-order valence-electron chi connectivity index (χ3n) is 17.1. The summed E-state index contributed by atoms with van der Waals surface area (Å²) in [6.45, 7) is 0.919. The van der Waals surface area contributed by atoms with Crippen molar-refractivity contribution in [3.05, 3.63) is 196 Å². The van der Waals surface area contributed by atoms with Crippen LogP contribution in [-0.4, -0.2) is 53.1 Å². The minimum absolute atomic E-state index is 0.0160. The lowest BCUT2D eigenvalue weighted by atomic mass is 9.73. The molecule has 1 N–H and O–H groups in total. The first-order chi connectivity index (χ1) is 34.6. The van der Waals surface area contributed by atoms with Gasteiger partial charge >= 0.3 is 0 Å². The molecule has 13 rings (SSSR count). The number of para-hydroxylation sites is 1. The van der Waals surface area contributed by atoms with Crippen molar-refractivity contribution in [2.75, 3.05) is 20.6 Å². The van der Waals surface area contributed by atoms with E-state index in [9.17, 15) is 0 Å².